The first-order chi connectivity index (χ1) is 14.5. The molecular formula is C23H17BrClN3O2. The number of aromatic nitrogens is 1. The van der Waals surface area contributed by atoms with E-state index in [1.807, 2.05) is 54.7 Å². The van der Waals surface area contributed by atoms with E-state index in [4.69, 9.17) is 11.6 Å². The minimum atomic E-state index is -0.491. The summed E-state index contributed by atoms with van der Waals surface area (Å²) in [4.78, 5) is 12.3. The average Bonchev–Trinajstić information content (AvgIpc) is 3.09. The summed E-state index contributed by atoms with van der Waals surface area (Å²) >= 11 is 9.27. The molecule has 7 heteroatoms. The molecule has 0 spiro atoms. The van der Waals surface area contributed by atoms with Gasteiger partial charge in [0.15, 0.2) is 0 Å². The first kappa shape index (κ1) is 20.2. The molecule has 1 heterocycles. The molecule has 0 saturated carbocycles. The molecule has 3 aromatic carbocycles. The molecule has 30 heavy (non-hydrogen) atoms. The van der Waals surface area contributed by atoms with Crippen molar-refractivity contribution in [1.29, 1.82) is 0 Å². The number of amides is 1. The molecule has 0 radical (unpaired) electrons. The summed E-state index contributed by atoms with van der Waals surface area (Å²) in [6.45, 7) is 0.684. The van der Waals surface area contributed by atoms with Crippen molar-refractivity contribution < 1.29 is 9.90 Å². The highest BCUT2D eigenvalue weighted by Crippen LogP contribution is 2.23. The number of carbonyl (C=O) groups excluding carboxylic acids is 1. The number of rotatable bonds is 5. The summed E-state index contributed by atoms with van der Waals surface area (Å²) in [6, 6.07) is 20.4. The predicted octanol–water partition coefficient (Wildman–Crippen LogP) is 5.58. The summed E-state index contributed by atoms with van der Waals surface area (Å²) in [6.07, 6.45) is 3.60. The van der Waals surface area contributed by atoms with E-state index in [2.05, 4.69) is 31.0 Å². The van der Waals surface area contributed by atoms with E-state index in [-0.39, 0.29) is 11.3 Å². The van der Waals surface area contributed by atoms with E-state index in [1.54, 1.807) is 12.3 Å². The number of fused-ring (bicyclic) bond motifs is 1. The van der Waals surface area contributed by atoms with Crippen LogP contribution in [0.4, 0.5) is 0 Å². The van der Waals surface area contributed by atoms with E-state index in [1.165, 1.54) is 12.1 Å². The number of hydrogen-bond acceptors (Lipinski definition) is 3. The SMILES string of the molecule is O=C(N/N=C\c1cn(Cc2ccc(Cl)cc2)c2ccccc12)c1cc(Br)ccc1O. The van der Waals surface area contributed by atoms with E-state index in [0.717, 1.165) is 22.0 Å². The molecule has 0 aliphatic carbocycles. The monoisotopic (exact) mass is 481 g/mol. The van der Waals surface area contributed by atoms with Crippen molar-refractivity contribution in [3.63, 3.8) is 0 Å². The number of hydrogen-bond donors (Lipinski definition) is 2. The zero-order valence-electron chi connectivity index (χ0n) is 15.7. The van der Waals surface area contributed by atoms with E-state index < -0.39 is 5.91 Å². The van der Waals surface area contributed by atoms with Crippen molar-refractivity contribution in [2.75, 3.05) is 0 Å². The number of carbonyl (C=O) groups is 1. The highest BCUT2D eigenvalue weighted by Gasteiger charge is 2.11. The topological polar surface area (TPSA) is 66.6 Å². The molecule has 1 amide bonds. The quantitative estimate of drug-likeness (QED) is 0.288. The van der Waals surface area contributed by atoms with Gasteiger partial charge < -0.3 is 9.67 Å². The Morgan fingerprint density at radius 2 is 1.90 bits per heavy atom. The molecule has 0 saturated heterocycles. The van der Waals surface area contributed by atoms with Crippen molar-refractivity contribution in [3.05, 3.63) is 99.1 Å². The van der Waals surface area contributed by atoms with Gasteiger partial charge in [-0.1, -0.05) is 57.9 Å². The van der Waals surface area contributed by atoms with Crippen LogP contribution in [0.25, 0.3) is 10.9 Å². The van der Waals surface area contributed by atoms with Crippen molar-refractivity contribution in [2.45, 2.75) is 6.54 Å². The van der Waals surface area contributed by atoms with Crippen LogP contribution in [-0.2, 0) is 6.54 Å². The van der Waals surface area contributed by atoms with Crippen molar-refractivity contribution in [3.8, 4) is 5.75 Å². The molecule has 0 unspecified atom stereocenters. The molecule has 0 atom stereocenters. The smallest absolute Gasteiger partial charge is 0.275 e. The maximum Gasteiger partial charge on any atom is 0.275 e. The Kier molecular flexibility index (Phi) is 5.88. The third-order valence-electron chi connectivity index (χ3n) is 4.66. The van der Waals surface area contributed by atoms with Gasteiger partial charge in [-0.25, -0.2) is 5.43 Å². The average molecular weight is 483 g/mol. The number of aromatic hydroxyl groups is 1. The standard InChI is InChI=1S/C23H17BrClN3O2/c24-17-7-10-22(29)20(11-17)23(30)27-26-12-16-14-28(21-4-2-1-3-19(16)21)13-15-5-8-18(25)9-6-15/h1-12,14,29H,13H2,(H,27,30)/b26-12-. The maximum absolute atomic E-state index is 12.3. The molecule has 0 bridgehead atoms. The van der Waals surface area contributed by atoms with Crippen LogP contribution in [-0.4, -0.2) is 21.8 Å². The van der Waals surface area contributed by atoms with Crippen molar-refractivity contribution in [1.82, 2.24) is 9.99 Å². The minimum absolute atomic E-state index is 0.106. The number of phenolic OH excluding ortho intramolecular Hbond substituents is 1. The fourth-order valence-corrected chi connectivity index (χ4v) is 3.69. The highest BCUT2D eigenvalue weighted by atomic mass is 79.9. The summed E-state index contributed by atoms with van der Waals surface area (Å²) in [7, 11) is 0. The van der Waals surface area contributed by atoms with Gasteiger partial charge >= 0.3 is 0 Å². The van der Waals surface area contributed by atoms with Crippen LogP contribution in [0.2, 0.25) is 5.02 Å². The molecule has 0 fully saturated rings. The van der Waals surface area contributed by atoms with Crippen LogP contribution < -0.4 is 5.43 Å². The lowest BCUT2D eigenvalue weighted by atomic mass is 10.2. The minimum Gasteiger partial charge on any atom is -0.507 e. The van der Waals surface area contributed by atoms with Gasteiger partial charge in [0.1, 0.15) is 5.75 Å². The van der Waals surface area contributed by atoms with E-state index >= 15 is 0 Å². The summed E-state index contributed by atoms with van der Waals surface area (Å²) in [5, 5.41) is 15.7. The Balaban J connectivity index is 1.57. The number of benzene rings is 3. The number of para-hydroxylation sites is 1. The highest BCUT2D eigenvalue weighted by molar-refractivity contribution is 9.10. The maximum atomic E-state index is 12.3. The number of nitrogens with zero attached hydrogens (tertiary/aromatic N) is 2. The van der Waals surface area contributed by atoms with Gasteiger partial charge in [0.2, 0.25) is 0 Å². The lowest BCUT2D eigenvalue weighted by molar-refractivity contribution is 0.0952. The number of nitrogens with one attached hydrogen (secondary N) is 1. The summed E-state index contributed by atoms with van der Waals surface area (Å²) in [5.41, 5.74) is 5.68. The van der Waals surface area contributed by atoms with Gasteiger partial charge in [-0.05, 0) is 42.0 Å². The van der Waals surface area contributed by atoms with Gasteiger partial charge in [0, 0.05) is 38.7 Å². The van der Waals surface area contributed by atoms with Crippen molar-refractivity contribution >= 4 is 50.6 Å². The third kappa shape index (κ3) is 4.40. The molecule has 4 rings (SSSR count). The Labute approximate surface area is 186 Å². The third-order valence-corrected chi connectivity index (χ3v) is 5.40. The molecule has 0 aliphatic heterocycles. The zero-order valence-corrected chi connectivity index (χ0v) is 18.1. The van der Waals surface area contributed by atoms with Crippen molar-refractivity contribution in [2.24, 2.45) is 5.10 Å². The number of phenols is 1. The Morgan fingerprint density at radius 3 is 2.70 bits per heavy atom. The fraction of sp³-hybridized carbons (Fsp3) is 0.0435. The second-order valence-corrected chi connectivity index (χ2v) is 8.07. The Morgan fingerprint density at radius 1 is 1.13 bits per heavy atom. The summed E-state index contributed by atoms with van der Waals surface area (Å²) in [5.74, 6) is -0.597. The van der Waals surface area contributed by atoms with E-state index in [0.29, 0.717) is 16.0 Å². The molecule has 2 N–H and O–H groups in total. The van der Waals surface area contributed by atoms with Crippen LogP contribution in [0.15, 0.2) is 82.5 Å². The normalized spacial score (nSPS) is 11.3. The largest absolute Gasteiger partial charge is 0.507 e. The lowest BCUT2D eigenvalue weighted by Crippen LogP contribution is -2.17. The zero-order chi connectivity index (χ0) is 21.1. The van der Waals surface area contributed by atoms with Gasteiger partial charge in [0.05, 0.1) is 11.8 Å². The predicted molar refractivity (Wildman–Crippen MR) is 123 cm³/mol. The number of hydrazone groups is 1. The second-order valence-electron chi connectivity index (χ2n) is 6.72. The van der Waals surface area contributed by atoms with Crippen LogP contribution >= 0.6 is 27.5 Å². The lowest BCUT2D eigenvalue weighted by Gasteiger charge is -2.05. The molecular weight excluding hydrogens is 466 g/mol. The number of halogens is 2. The van der Waals surface area contributed by atoms with Crippen LogP contribution in [0.5, 0.6) is 5.75 Å². The molecule has 4 aromatic rings. The first-order valence-corrected chi connectivity index (χ1v) is 10.3. The Hall–Kier alpha value is -3.09. The Bertz CT molecular complexity index is 1250. The molecule has 0 aliphatic rings. The van der Waals surface area contributed by atoms with Crippen LogP contribution in [0, 0.1) is 0 Å². The molecule has 150 valence electrons. The summed E-state index contributed by atoms with van der Waals surface area (Å²) < 4.78 is 2.82. The van der Waals surface area contributed by atoms with E-state index in [9.17, 15) is 9.90 Å². The molecule has 1 aromatic heterocycles. The van der Waals surface area contributed by atoms with Gasteiger partial charge in [-0.15, -0.1) is 0 Å². The first-order valence-electron chi connectivity index (χ1n) is 9.15. The van der Waals surface area contributed by atoms with Gasteiger partial charge in [-0.2, -0.15) is 5.10 Å². The van der Waals surface area contributed by atoms with Crippen LogP contribution in [0.1, 0.15) is 21.5 Å². The second kappa shape index (κ2) is 8.73. The fourth-order valence-electron chi connectivity index (χ4n) is 3.21. The van der Waals surface area contributed by atoms with Gasteiger partial charge in [-0.3, -0.25) is 4.79 Å². The molecule has 5 nitrogen and oxygen atoms in total. The van der Waals surface area contributed by atoms with Gasteiger partial charge in [0.25, 0.3) is 5.91 Å². The van der Waals surface area contributed by atoms with Crippen LogP contribution in [0.3, 0.4) is 0 Å².